The molecule has 4 nitrogen and oxygen atoms in total. The summed E-state index contributed by atoms with van der Waals surface area (Å²) in [6.07, 6.45) is 2.65. The number of carbonyl (C=O) groups excluding carboxylic acids is 1. The van der Waals surface area contributed by atoms with Gasteiger partial charge in [0.25, 0.3) is 0 Å². The first-order valence-corrected chi connectivity index (χ1v) is 7.41. The summed E-state index contributed by atoms with van der Waals surface area (Å²) in [5, 5.41) is 0. The third kappa shape index (κ3) is 2.86. The third-order valence-electron chi connectivity index (χ3n) is 4.53. The zero-order valence-corrected chi connectivity index (χ0v) is 12.1. The highest BCUT2D eigenvalue weighted by atomic mass is 16.2. The summed E-state index contributed by atoms with van der Waals surface area (Å²) >= 11 is 0. The summed E-state index contributed by atoms with van der Waals surface area (Å²) in [5.74, 6) is 0.236. The fourth-order valence-electron chi connectivity index (χ4n) is 2.72. The predicted octanol–water partition coefficient (Wildman–Crippen LogP) is 0.951. The Morgan fingerprint density at radius 2 is 1.75 bits per heavy atom. The van der Waals surface area contributed by atoms with E-state index in [-0.39, 0.29) is 11.4 Å². The van der Waals surface area contributed by atoms with Crippen molar-refractivity contribution in [2.24, 2.45) is 5.73 Å². The van der Waals surface area contributed by atoms with Crippen LogP contribution in [0.15, 0.2) is 24.3 Å². The van der Waals surface area contributed by atoms with E-state index in [4.69, 9.17) is 5.73 Å². The Kier molecular flexibility index (Phi) is 3.52. The average Bonchev–Trinajstić information content (AvgIpc) is 3.19. The van der Waals surface area contributed by atoms with Crippen molar-refractivity contribution in [1.82, 2.24) is 9.80 Å². The van der Waals surface area contributed by atoms with Gasteiger partial charge >= 0.3 is 0 Å². The van der Waals surface area contributed by atoms with Crippen LogP contribution in [0.25, 0.3) is 0 Å². The Balaban J connectivity index is 1.58. The van der Waals surface area contributed by atoms with E-state index >= 15 is 0 Å². The number of nitrogens with zero attached hydrogens (tertiary/aromatic N) is 2. The lowest BCUT2D eigenvalue weighted by molar-refractivity contribution is -0.132. The summed E-state index contributed by atoms with van der Waals surface area (Å²) in [7, 11) is 2.10. The molecular weight excluding hydrogens is 250 g/mol. The van der Waals surface area contributed by atoms with Crippen molar-refractivity contribution in [2.45, 2.75) is 24.8 Å². The van der Waals surface area contributed by atoms with E-state index < -0.39 is 0 Å². The Bertz CT molecular complexity index is 485. The van der Waals surface area contributed by atoms with E-state index in [0.29, 0.717) is 6.42 Å². The summed E-state index contributed by atoms with van der Waals surface area (Å²) in [4.78, 5) is 16.5. The number of amides is 1. The molecule has 0 unspecified atom stereocenters. The molecular formula is C16H23N3O. The van der Waals surface area contributed by atoms with E-state index in [2.05, 4.69) is 36.2 Å². The van der Waals surface area contributed by atoms with Gasteiger partial charge in [0, 0.05) is 31.7 Å². The monoisotopic (exact) mass is 273 g/mol. The van der Waals surface area contributed by atoms with Crippen LogP contribution in [0.4, 0.5) is 0 Å². The molecule has 2 aliphatic rings. The molecule has 1 aromatic rings. The maximum Gasteiger partial charge on any atom is 0.227 e. The Morgan fingerprint density at radius 1 is 1.15 bits per heavy atom. The molecule has 0 atom stereocenters. The lowest BCUT2D eigenvalue weighted by Gasteiger charge is -2.32. The van der Waals surface area contributed by atoms with Crippen LogP contribution in [0.2, 0.25) is 0 Å². The Labute approximate surface area is 120 Å². The molecule has 1 saturated heterocycles. The van der Waals surface area contributed by atoms with Gasteiger partial charge in [-0.1, -0.05) is 24.3 Å². The van der Waals surface area contributed by atoms with Crippen molar-refractivity contribution < 1.29 is 4.79 Å². The molecule has 1 aliphatic heterocycles. The van der Waals surface area contributed by atoms with E-state index in [1.54, 1.807) is 0 Å². The highest BCUT2D eigenvalue weighted by molar-refractivity contribution is 5.78. The molecule has 0 radical (unpaired) electrons. The van der Waals surface area contributed by atoms with Crippen molar-refractivity contribution in [3.63, 3.8) is 0 Å². The molecule has 1 saturated carbocycles. The first-order chi connectivity index (χ1) is 9.57. The molecule has 0 bridgehead atoms. The van der Waals surface area contributed by atoms with Gasteiger partial charge < -0.3 is 15.5 Å². The fourth-order valence-corrected chi connectivity index (χ4v) is 2.72. The third-order valence-corrected chi connectivity index (χ3v) is 4.53. The van der Waals surface area contributed by atoms with Crippen LogP contribution in [-0.2, 0) is 16.8 Å². The van der Waals surface area contributed by atoms with Crippen molar-refractivity contribution in [2.75, 3.05) is 33.2 Å². The topological polar surface area (TPSA) is 49.6 Å². The van der Waals surface area contributed by atoms with Crippen LogP contribution in [0, 0.1) is 0 Å². The molecule has 2 fully saturated rings. The van der Waals surface area contributed by atoms with Gasteiger partial charge in [-0.25, -0.2) is 0 Å². The summed E-state index contributed by atoms with van der Waals surface area (Å²) in [6.45, 7) is 3.64. The number of rotatable bonds is 3. The first-order valence-electron chi connectivity index (χ1n) is 7.41. The minimum Gasteiger partial charge on any atom is -0.340 e. The molecule has 0 spiro atoms. The van der Waals surface area contributed by atoms with Crippen molar-refractivity contribution in [3.8, 4) is 0 Å². The molecule has 1 aromatic carbocycles. The van der Waals surface area contributed by atoms with Crippen LogP contribution >= 0.6 is 0 Å². The normalized spacial score (nSPS) is 21.8. The lowest BCUT2D eigenvalue weighted by atomic mass is 10.0. The number of benzene rings is 1. The Hall–Kier alpha value is -1.39. The second-order valence-electron chi connectivity index (χ2n) is 6.21. The van der Waals surface area contributed by atoms with Crippen molar-refractivity contribution >= 4 is 5.91 Å². The molecule has 108 valence electrons. The maximum atomic E-state index is 12.3. The zero-order chi connectivity index (χ0) is 14.2. The smallest absolute Gasteiger partial charge is 0.227 e. The van der Waals surface area contributed by atoms with E-state index in [0.717, 1.165) is 44.6 Å². The Morgan fingerprint density at radius 3 is 2.30 bits per heavy atom. The van der Waals surface area contributed by atoms with Crippen molar-refractivity contribution in [3.05, 3.63) is 35.4 Å². The van der Waals surface area contributed by atoms with Crippen LogP contribution in [0.1, 0.15) is 24.0 Å². The second kappa shape index (κ2) is 5.19. The number of nitrogens with two attached hydrogens (primary N) is 1. The standard InChI is InChI=1S/C16H23N3O/c1-18-8-10-19(11-9-18)15(20)12-13-2-4-14(5-3-13)16(17)6-7-16/h2-5H,6-12,17H2,1H3. The molecule has 1 aliphatic carbocycles. The summed E-state index contributed by atoms with van der Waals surface area (Å²) < 4.78 is 0. The van der Waals surface area contributed by atoms with Crippen LogP contribution in [-0.4, -0.2) is 48.9 Å². The van der Waals surface area contributed by atoms with Gasteiger partial charge in [0.1, 0.15) is 0 Å². The average molecular weight is 273 g/mol. The molecule has 1 amide bonds. The summed E-state index contributed by atoms with van der Waals surface area (Å²) in [6, 6.07) is 8.27. The summed E-state index contributed by atoms with van der Waals surface area (Å²) in [5.41, 5.74) is 8.37. The van der Waals surface area contributed by atoms with Crippen LogP contribution in [0.3, 0.4) is 0 Å². The van der Waals surface area contributed by atoms with Gasteiger partial charge in [-0.2, -0.15) is 0 Å². The SMILES string of the molecule is CN1CCN(C(=O)Cc2ccc(C3(N)CC3)cc2)CC1. The number of piperazine rings is 1. The lowest BCUT2D eigenvalue weighted by Crippen LogP contribution is -2.47. The quantitative estimate of drug-likeness (QED) is 0.892. The highest BCUT2D eigenvalue weighted by Crippen LogP contribution is 2.42. The molecule has 1 heterocycles. The van der Waals surface area contributed by atoms with Gasteiger partial charge in [0.2, 0.25) is 5.91 Å². The zero-order valence-electron chi connectivity index (χ0n) is 12.1. The number of hydrogen-bond donors (Lipinski definition) is 1. The molecule has 20 heavy (non-hydrogen) atoms. The van der Waals surface area contributed by atoms with E-state index in [9.17, 15) is 4.79 Å². The minimum atomic E-state index is -0.0833. The van der Waals surface area contributed by atoms with Crippen LogP contribution < -0.4 is 5.73 Å². The largest absolute Gasteiger partial charge is 0.340 e. The molecule has 3 rings (SSSR count). The number of likely N-dealkylation sites (N-methyl/N-ethyl adjacent to an activating group) is 1. The highest BCUT2D eigenvalue weighted by Gasteiger charge is 2.39. The molecule has 4 heteroatoms. The number of carbonyl (C=O) groups is 1. The molecule has 2 N–H and O–H groups in total. The van der Waals surface area contributed by atoms with Gasteiger partial charge in [-0.05, 0) is 31.0 Å². The maximum absolute atomic E-state index is 12.3. The van der Waals surface area contributed by atoms with E-state index in [1.807, 2.05) is 4.90 Å². The van der Waals surface area contributed by atoms with Gasteiger partial charge in [0.15, 0.2) is 0 Å². The van der Waals surface area contributed by atoms with Crippen LogP contribution in [0.5, 0.6) is 0 Å². The van der Waals surface area contributed by atoms with Crippen molar-refractivity contribution in [1.29, 1.82) is 0 Å². The van der Waals surface area contributed by atoms with Gasteiger partial charge in [-0.3, -0.25) is 4.79 Å². The second-order valence-corrected chi connectivity index (χ2v) is 6.21. The van der Waals surface area contributed by atoms with Gasteiger partial charge in [-0.15, -0.1) is 0 Å². The first kappa shape index (κ1) is 13.6. The molecule has 0 aromatic heterocycles. The van der Waals surface area contributed by atoms with Gasteiger partial charge in [0.05, 0.1) is 6.42 Å². The predicted molar refractivity (Wildman–Crippen MR) is 79.3 cm³/mol. The minimum absolute atomic E-state index is 0.0833. The number of hydrogen-bond acceptors (Lipinski definition) is 3. The van der Waals surface area contributed by atoms with E-state index in [1.165, 1.54) is 5.56 Å². The fraction of sp³-hybridized carbons (Fsp3) is 0.562.